The van der Waals surface area contributed by atoms with Gasteiger partial charge in [-0.05, 0) is 51.2 Å². The Morgan fingerprint density at radius 1 is 1.16 bits per heavy atom. The van der Waals surface area contributed by atoms with E-state index in [-0.39, 0.29) is 12.5 Å². The smallest absolute Gasteiger partial charge is 0.343 e. The van der Waals surface area contributed by atoms with Crippen molar-refractivity contribution in [2.75, 3.05) is 18.6 Å². The Hall–Kier alpha value is -2.68. The molecule has 5 nitrogen and oxygen atoms in total. The van der Waals surface area contributed by atoms with E-state index in [4.69, 9.17) is 17.0 Å². The summed E-state index contributed by atoms with van der Waals surface area (Å²) in [5.74, 6) is -0.118. The number of methoxy groups -OCH3 is 1. The third-order valence-corrected chi connectivity index (χ3v) is 6.55. The predicted molar refractivity (Wildman–Crippen MR) is 131 cm³/mol. The van der Waals surface area contributed by atoms with Crippen LogP contribution < -0.4 is 9.64 Å². The average molecular weight is 514 g/mol. The highest BCUT2D eigenvalue weighted by Crippen LogP contribution is 2.39. The summed E-state index contributed by atoms with van der Waals surface area (Å²) in [7, 11) is 1.30. The van der Waals surface area contributed by atoms with Crippen LogP contribution in [0.15, 0.2) is 70.0 Å². The number of amides is 1. The molecule has 0 aliphatic carbocycles. The molecule has 1 aliphatic heterocycles. The van der Waals surface area contributed by atoms with E-state index in [0.717, 1.165) is 22.0 Å². The molecule has 1 fully saturated rings. The van der Waals surface area contributed by atoms with Crippen LogP contribution >= 0.6 is 39.9 Å². The Labute approximate surface area is 197 Å². The largest absolute Gasteiger partial charge is 0.481 e. The number of thiocarbonyl (C=S) groups is 1. The number of halogens is 1. The number of esters is 1. The molecule has 8 heteroatoms. The lowest BCUT2D eigenvalue weighted by molar-refractivity contribution is -0.142. The van der Waals surface area contributed by atoms with E-state index in [1.807, 2.05) is 54.6 Å². The minimum atomic E-state index is -0.465. The Morgan fingerprint density at radius 2 is 1.94 bits per heavy atom. The molecule has 3 aromatic carbocycles. The van der Waals surface area contributed by atoms with E-state index in [2.05, 4.69) is 20.7 Å². The molecule has 31 heavy (non-hydrogen) atoms. The molecule has 4 rings (SSSR count). The Bertz CT molecular complexity index is 1240. The molecule has 1 saturated heterocycles. The van der Waals surface area contributed by atoms with Gasteiger partial charge in [0.1, 0.15) is 5.75 Å². The number of anilines is 1. The highest BCUT2D eigenvalue weighted by molar-refractivity contribution is 9.10. The fourth-order valence-electron chi connectivity index (χ4n) is 3.15. The first kappa shape index (κ1) is 21.5. The molecule has 0 aromatic heterocycles. The zero-order valence-electron chi connectivity index (χ0n) is 16.3. The van der Waals surface area contributed by atoms with Gasteiger partial charge in [-0.15, -0.1) is 0 Å². The average Bonchev–Trinajstić information content (AvgIpc) is 3.05. The van der Waals surface area contributed by atoms with Gasteiger partial charge in [0.2, 0.25) is 0 Å². The summed E-state index contributed by atoms with van der Waals surface area (Å²) in [5.41, 5.74) is 1.58. The van der Waals surface area contributed by atoms with Crippen molar-refractivity contribution in [2.45, 2.75) is 0 Å². The first-order valence-corrected chi connectivity index (χ1v) is 11.2. The second-order valence-corrected chi connectivity index (χ2v) is 9.10. The quantitative estimate of drug-likeness (QED) is 0.253. The van der Waals surface area contributed by atoms with E-state index in [1.54, 1.807) is 17.0 Å². The van der Waals surface area contributed by atoms with Crippen molar-refractivity contribution in [3.8, 4) is 5.75 Å². The van der Waals surface area contributed by atoms with Crippen LogP contribution in [-0.4, -0.2) is 29.9 Å². The fourth-order valence-corrected chi connectivity index (χ4v) is 4.95. The van der Waals surface area contributed by atoms with Crippen molar-refractivity contribution in [1.82, 2.24) is 0 Å². The van der Waals surface area contributed by atoms with E-state index in [9.17, 15) is 9.59 Å². The predicted octanol–water partition coefficient (Wildman–Crippen LogP) is 5.56. The first-order valence-electron chi connectivity index (χ1n) is 9.23. The van der Waals surface area contributed by atoms with Gasteiger partial charge in [-0.3, -0.25) is 9.69 Å². The van der Waals surface area contributed by atoms with Gasteiger partial charge in [-0.1, -0.05) is 66.4 Å². The van der Waals surface area contributed by atoms with Crippen molar-refractivity contribution in [3.05, 3.63) is 75.6 Å². The van der Waals surface area contributed by atoms with Crippen molar-refractivity contribution < 1.29 is 19.1 Å². The summed E-state index contributed by atoms with van der Waals surface area (Å²) >= 11 is 10.2. The molecule has 156 valence electrons. The molecule has 3 aromatic rings. The molecule has 0 unspecified atom stereocenters. The van der Waals surface area contributed by atoms with Gasteiger partial charge in [-0.25, -0.2) is 4.79 Å². The SMILES string of the molecule is COC(=O)COc1ccc(/C=C2\SC(=S)N(c3cccc4ccccc34)C2=O)cc1Br. The van der Waals surface area contributed by atoms with E-state index >= 15 is 0 Å². The highest BCUT2D eigenvalue weighted by Gasteiger charge is 2.34. The molecule has 0 bridgehead atoms. The van der Waals surface area contributed by atoms with Crippen molar-refractivity contribution in [1.29, 1.82) is 0 Å². The van der Waals surface area contributed by atoms with Crippen LogP contribution in [0.1, 0.15) is 5.56 Å². The lowest BCUT2D eigenvalue weighted by Crippen LogP contribution is -2.27. The maximum atomic E-state index is 13.2. The van der Waals surface area contributed by atoms with Gasteiger partial charge >= 0.3 is 5.97 Å². The van der Waals surface area contributed by atoms with Crippen LogP contribution in [0.5, 0.6) is 5.75 Å². The summed E-state index contributed by atoms with van der Waals surface area (Å²) in [6.07, 6.45) is 1.79. The summed E-state index contributed by atoms with van der Waals surface area (Å²) in [4.78, 5) is 26.6. The van der Waals surface area contributed by atoms with Crippen LogP contribution in [0.2, 0.25) is 0 Å². The third kappa shape index (κ3) is 4.51. The number of ether oxygens (including phenoxy) is 2. The number of hydrogen-bond donors (Lipinski definition) is 0. The second-order valence-electron chi connectivity index (χ2n) is 6.57. The minimum Gasteiger partial charge on any atom is -0.481 e. The monoisotopic (exact) mass is 513 g/mol. The standard InChI is InChI=1S/C23H16BrNO4S2/c1-28-21(26)13-29-19-10-9-14(11-17(19)24)12-20-22(27)25(23(30)31-20)18-8-4-6-15-5-2-3-7-16(15)18/h2-12H,13H2,1H3/b20-12-. The lowest BCUT2D eigenvalue weighted by Gasteiger charge is -2.17. The highest BCUT2D eigenvalue weighted by atomic mass is 79.9. The molecular weight excluding hydrogens is 498 g/mol. The molecule has 0 N–H and O–H groups in total. The third-order valence-electron chi connectivity index (χ3n) is 4.63. The molecule has 1 aliphatic rings. The van der Waals surface area contributed by atoms with Crippen molar-refractivity contribution in [2.24, 2.45) is 0 Å². The molecule has 0 saturated carbocycles. The Balaban J connectivity index is 1.60. The topological polar surface area (TPSA) is 55.8 Å². The van der Waals surface area contributed by atoms with Gasteiger partial charge < -0.3 is 9.47 Å². The Morgan fingerprint density at radius 3 is 2.71 bits per heavy atom. The minimum absolute atomic E-state index is 0.159. The van der Waals surface area contributed by atoms with E-state index in [1.165, 1.54) is 18.9 Å². The van der Waals surface area contributed by atoms with Gasteiger partial charge in [0.15, 0.2) is 10.9 Å². The van der Waals surface area contributed by atoms with Crippen LogP contribution in [0.25, 0.3) is 16.8 Å². The van der Waals surface area contributed by atoms with Crippen molar-refractivity contribution >= 4 is 78.6 Å². The van der Waals surface area contributed by atoms with Gasteiger partial charge in [-0.2, -0.15) is 0 Å². The number of carbonyl (C=O) groups excluding carboxylic acids is 2. The molecule has 0 spiro atoms. The van der Waals surface area contributed by atoms with Gasteiger partial charge in [0.05, 0.1) is 22.2 Å². The summed E-state index contributed by atoms with van der Waals surface area (Å²) < 4.78 is 11.2. The van der Waals surface area contributed by atoms with Crippen LogP contribution in [0, 0.1) is 0 Å². The molecule has 1 amide bonds. The number of carbonyl (C=O) groups is 2. The number of thioether (sulfide) groups is 1. The normalized spacial score (nSPS) is 15.0. The number of fused-ring (bicyclic) bond motifs is 1. The molecular formula is C23H16BrNO4S2. The molecule has 0 atom stereocenters. The van der Waals surface area contributed by atoms with Crippen LogP contribution in [0.3, 0.4) is 0 Å². The summed E-state index contributed by atoms with van der Waals surface area (Å²) in [6.45, 7) is -0.182. The zero-order chi connectivity index (χ0) is 22.0. The van der Waals surface area contributed by atoms with Crippen LogP contribution in [0.4, 0.5) is 5.69 Å². The molecule has 0 radical (unpaired) electrons. The van der Waals surface area contributed by atoms with E-state index < -0.39 is 5.97 Å². The van der Waals surface area contributed by atoms with E-state index in [0.29, 0.717) is 19.4 Å². The van der Waals surface area contributed by atoms with Gasteiger partial charge in [0.25, 0.3) is 5.91 Å². The second kappa shape index (κ2) is 9.21. The molecule has 1 heterocycles. The lowest BCUT2D eigenvalue weighted by atomic mass is 10.1. The number of benzene rings is 3. The zero-order valence-corrected chi connectivity index (χ0v) is 19.6. The number of rotatable bonds is 5. The number of hydrogen-bond acceptors (Lipinski definition) is 6. The maximum absolute atomic E-state index is 13.2. The maximum Gasteiger partial charge on any atom is 0.343 e. The summed E-state index contributed by atoms with van der Waals surface area (Å²) in [5, 5.41) is 2.02. The number of nitrogens with zero attached hydrogens (tertiary/aromatic N) is 1. The Kier molecular flexibility index (Phi) is 6.41. The van der Waals surface area contributed by atoms with Crippen LogP contribution in [-0.2, 0) is 14.3 Å². The fraction of sp³-hybridized carbons (Fsp3) is 0.0870. The van der Waals surface area contributed by atoms with Crippen molar-refractivity contribution in [3.63, 3.8) is 0 Å². The van der Waals surface area contributed by atoms with Gasteiger partial charge in [0, 0.05) is 5.39 Å². The summed E-state index contributed by atoms with van der Waals surface area (Å²) in [6, 6.07) is 19.1. The first-order chi connectivity index (χ1) is 15.0.